The van der Waals surface area contributed by atoms with Crippen LogP contribution in [-0.2, 0) is 0 Å². The van der Waals surface area contributed by atoms with Crippen molar-refractivity contribution >= 4 is 44.1 Å². The van der Waals surface area contributed by atoms with E-state index in [1.807, 2.05) is 0 Å². The van der Waals surface area contributed by atoms with E-state index in [2.05, 4.69) is 65.9 Å². The van der Waals surface area contributed by atoms with Crippen molar-refractivity contribution in [2.75, 3.05) is 11.6 Å². The second kappa shape index (κ2) is 5.23. The zero-order chi connectivity index (χ0) is 13.2. The van der Waals surface area contributed by atoms with Gasteiger partial charge in [0.05, 0.1) is 10.2 Å². The highest BCUT2D eigenvalue weighted by atomic mass is 32.2. The summed E-state index contributed by atoms with van der Waals surface area (Å²) in [6.07, 6.45) is 2.08. The van der Waals surface area contributed by atoms with Gasteiger partial charge in [0.15, 0.2) is 5.13 Å². The zero-order valence-electron chi connectivity index (χ0n) is 10.8. The van der Waals surface area contributed by atoms with Crippen molar-refractivity contribution in [1.29, 1.82) is 0 Å². The summed E-state index contributed by atoms with van der Waals surface area (Å²) in [5.74, 6) is 0. The summed E-state index contributed by atoms with van der Waals surface area (Å²) >= 11 is 3.43. The Morgan fingerprint density at radius 2 is 2.05 bits per heavy atom. The van der Waals surface area contributed by atoms with Gasteiger partial charge in [-0.15, -0.1) is 11.8 Å². The van der Waals surface area contributed by atoms with E-state index in [4.69, 9.17) is 0 Å². The van der Waals surface area contributed by atoms with Gasteiger partial charge in [0.25, 0.3) is 0 Å². The topological polar surface area (TPSA) is 24.9 Å². The first kappa shape index (κ1) is 12.5. The molecule has 3 aromatic rings. The lowest BCUT2D eigenvalue weighted by Gasteiger charge is -2.03. The molecule has 0 aliphatic heterocycles. The molecule has 0 bridgehead atoms. The van der Waals surface area contributed by atoms with Gasteiger partial charge >= 0.3 is 0 Å². The first-order valence-electron chi connectivity index (χ1n) is 6.03. The van der Waals surface area contributed by atoms with Crippen LogP contribution in [-0.4, -0.2) is 11.2 Å². The lowest BCUT2D eigenvalue weighted by atomic mass is 10.2. The minimum absolute atomic E-state index is 0.943. The molecule has 0 aliphatic rings. The van der Waals surface area contributed by atoms with Crippen molar-refractivity contribution in [3.05, 3.63) is 48.0 Å². The monoisotopic (exact) mass is 286 g/mol. The standard InChI is InChI=1S/C15H14N2S2/c1-10-6-7-14-13(8-10)17-15(19-14)16-11-4-3-5-12(9-11)18-2/h3-9H,1-2H3,(H,16,17). The predicted octanol–water partition coefficient (Wildman–Crippen LogP) is 5.07. The van der Waals surface area contributed by atoms with E-state index in [-0.39, 0.29) is 0 Å². The quantitative estimate of drug-likeness (QED) is 0.680. The molecule has 2 aromatic carbocycles. The number of thiazole rings is 1. The molecule has 0 saturated carbocycles. The summed E-state index contributed by atoms with van der Waals surface area (Å²) in [6.45, 7) is 2.09. The summed E-state index contributed by atoms with van der Waals surface area (Å²) in [5.41, 5.74) is 3.39. The fraction of sp³-hybridized carbons (Fsp3) is 0.133. The molecule has 0 radical (unpaired) electrons. The van der Waals surface area contributed by atoms with Gasteiger partial charge in [-0.2, -0.15) is 0 Å². The highest BCUT2D eigenvalue weighted by Crippen LogP contribution is 2.29. The van der Waals surface area contributed by atoms with Crippen LogP contribution in [0.1, 0.15) is 5.56 Å². The largest absolute Gasteiger partial charge is 0.331 e. The van der Waals surface area contributed by atoms with Gasteiger partial charge in [-0.05, 0) is 49.1 Å². The minimum atomic E-state index is 0.943. The van der Waals surface area contributed by atoms with Crippen LogP contribution < -0.4 is 5.32 Å². The second-order valence-corrected chi connectivity index (χ2v) is 6.26. The van der Waals surface area contributed by atoms with Crippen LogP contribution in [0, 0.1) is 6.92 Å². The molecule has 19 heavy (non-hydrogen) atoms. The van der Waals surface area contributed by atoms with E-state index in [1.54, 1.807) is 23.1 Å². The first-order chi connectivity index (χ1) is 9.24. The number of nitrogens with one attached hydrogen (secondary N) is 1. The van der Waals surface area contributed by atoms with E-state index < -0.39 is 0 Å². The number of aryl methyl sites for hydroxylation is 1. The Hall–Kier alpha value is -1.52. The third-order valence-corrected chi connectivity index (χ3v) is 4.54. The molecule has 4 heteroatoms. The molecule has 0 spiro atoms. The van der Waals surface area contributed by atoms with Crippen molar-refractivity contribution in [2.45, 2.75) is 11.8 Å². The Morgan fingerprint density at radius 3 is 2.89 bits per heavy atom. The molecule has 0 aliphatic carbocycles. The molecule has 0 unspecified atom stereocenters. The summed E-state index contributed by atoms with van der Waals surface area (Å²) in [7, 11) is 0. The van der Waals surface area contributed by atoms with Crippen molar-refractivity contribution in [3.8, 4) is 0 Å². The number of benzene rings is 2. The summed E-state index contributed by atoms with van der Waals surface area (Å²) in [6, 6.07) is 14.8. The molecule has 2 nitrogen and oxygen atoms in total. The number of hydrogen-bond donors (Lipinski definition) is 1. The highest BCUT2D eigenvalue weighted by molar-refractivity contribution is 7.98. The lowest BCUT2D eigenvalue weighted by Crippen LogP contribution is -1.88. The van der Waals surface area contributed by atoms with Crippen LogP contribution >= 0.6 is 23.1 Å². The normalized spacial score (nSPS) is 10.8. The number of aromatic nitrogens is 1. The van der Waals surface area contributed by atoms with Crippen molar-refractivity contribution < 1.29 is 0 Å². The van der Waals surface area contributed by atoms with Gasteiger partial charge < -0.3 is 5.32 Å². The van der Waals surface area contributed by atoms with Crippen LogP contribution in [0.25, 0.3) is 10.2 Å². The van der Waals surface area contributed by atoms with Gasteiger partial charge in [0.2, 0.25) is 0 Å². The van der Waals surface area contributed by atoms with E-state index in [0.717, 1.165) is 16.3 Å². The van der Waals surface area contributed by atoms with Crippen LogP contribution in [0.2, 0.25) is 0 Å². The van der Waals surface area contributed by atoms with E-state index in [1.165, 1.54) is 15.2 Å². The van der Waals surface area contributed by atoms with Gasteiger partial charge in [0.1, 0.15) is 0 Å². The summed E-state index contributed by atoms with van der Waals surface area (Å²) in [4.78, 5) is 5.88. The van der Waals surface area contributed by atoms with Crippen LogP contribution in [0.4, 0.5) is 10.8 Å². The SMILES string of the molecule is CSc1cccc(Nc2nc3cc(C)ccc3s2)c1. The number of anilines is 2. The molecule has 1 aromatic heterocycles. The molecular weight excluding hydrogens is 272 g/mol. The van der Waals surface area contributed by atoms with Gasteiger partial charge in [-0.3, -0.25) is 0 Å². The fourth-order valence-electron chi connectivity index (χ4n) is 1.92. The third-order valence-electron chi connectivity index (χ3n) is 2.86. The Bertz CT molecular complexity index is 719. The molecule has 96 valence electrons. The molecule has 0 amide bonds. The second-order valence-electron chi connectivity index (χ2n) is 4.35. The minimum Gasteiger partial charge on any atom is -0.331 e. The Kier molecular flexibility index (Phi) is 3.44. The maximum absolute atomic E-state index is 4.62. The average Bonchev–Trinajstić information content (AvgIpc) is 2.80. The molecule has 0 fully saturated rings. The zero-order valence-corrected chi connectivity index (χ0v) is 12.4. The Balaban J connectivity index is 1.92. The fourth-order valence-corrected chi connectivity index (χ4v) is 3.24. The van der Waals surface area contributed by atoms with Gasteiger partial charge in [-0.1, -0.05) is 23.5 Å². The molecule has 0 saturated heterocycles. The van der Waals surface area contributed by atoms with Gasteiger partial charge in [-0.25, -0.2) is 4.98 Å². The van der Waals surface area contributed by atoms with Crippen molar-refractivity contribution in [2.24, 2.45) is 0 Å². The molecule has 3 rings (SSSR count). The predicted molar refractivity (Wildman–Crippen MR) is 85.9 cm³/mol. The number of fused-ring (bicyclic) bond motifs is 1. The third kappa shape index (κ3) is 2.74. The molecule has 1 heterocycles. The van der Waals surface area contributed by atoms with E-state index in [9.17, 15) is 0 Å². The van der Waals surface area contributed by atoms with Gasteiger partial charge in [0, 0.05) is 10.6 Å². The lowest BCUT2D eigenvalue weighted by molar-refractivity contribution is 1.40. The highest BCUT2D eigenvalue weighted by Gasteiger charge is 2.04. The molecule has 0 atom stereocenters. The number of rotatable bonds is 3. The average molecular weight is 286 g/mol. The van der Waals surface area contributed by atoms with Crippen molar-refractivity contribution in [3.63, 3.8) is 0 Å². The molecule has 1 N–H and O–H groups in total. The van der Waals surface area contributed by atoms with Crippen LogP contribution in [0.5, 0.6) is 0 Å². The Morgan fingerprint density at radius 1 is 1.16 bits per heavy atom. The van der Waals surface area contributed by atoms with Crippen molar-refractivity contribution in [1.82, 2.24) is 4.98 Å². The number of hydrogen-bond acceptors (Lipinski definition) is 4. The maximum atomic E-state index is 4.62. The summed E-state index contributed by atoms with van der Waals surface area (Å²) in [5, 5.41) is 4.32. The smallest absolute Gasteiger partial charge is 0.188 e. The maximum Gasteiger partial charge on any atom is 0.188 e. The molecular formula is C15H14N2S2. The number of thioether (sulfide) groups is 1. The number of nitrogens with zero attached hydrogens (tertiary/aromatic N) is 1. The Labute approximate surface area is 120 Å². The van der Waals surface area contributed by atoms with E-state index in [0.29, 0.717) is 0 Å². The van der Waals surface area contributed by atoms with Crippen LogP contribution in [0.3, 0.4) is 0 Å². The first-order valence-corrected chi connectivity index (χ1v) is 8.07. The summed E-state index contributed by atoms with van der Waals surface area (Å²) < 4.78 is 1.22. The van der Waals surface area contributed by atoms with Crippen LogP contribution in [0.15, 0.2) is 47.4 Å². The van der Waals surface area contributed by atoms with E-state index >= 15 is 0 Å².